The van der Waals surface area contributed by atoms with Crippen LogP contribution >= 0.6 is 0 Å². The number of hydrogen-bond donors (Lipinski definition) is 3. The predicted molar refractivity (Wildman–Crippen MR) is 99.5 cm³/mol. The Morgan fingerprint density at radius 2 is 1.50 bits per heavy atom. The van der Waals surface area contributed by atoms with Crippen LogP contribution in [0.2, 0.25) is 0 Å². The molecule has 0 unspecified atom stereocenters. The normalized spacial score (nSPS) is 12.3. The van der Waals surface area contributed by atoms with E-state index in [9.17, 15) is 29.9 Å². The minimum atomic E-state index is -0.875. The molecular weight excluding hydrogens is 364 g/mol. The van der Waals surface area contributed by atoms with E-state index in [1.54, 1.807) is 6.07 Å². The number of phenolic OH excluding ortho intramolecular Hbond substituents is 2. The highest BCUT2D eigenvalue weighted by Gasteiger charge is 2.39. The summed E-state index contributed by atoms with van der Waals surface area (Å²) in [5, 5.41) is 34.2. The summed E-state index contributed by atoms with van der Waals surface area (Å²) in [5.41, 5.74) is -0.595. The fourth-order valence-corrected chi connectivity index (χ4v) is 3.20. The summed E-state index contributed by atoms with van der Waals surface area (Å²) < 4.78 is 0. The molecular formula is C20H12N2O6. The third-order valence-electron chi connectivity index (χ3n) is 4.48. The van der Waals surface area contributed by atoms with Crippen LogP contribution in [-0.4, -0.2) is 26.7 Å². The summed E-state index contributed by atoms with van der Waals surface area (Å²) in [5.74, 6) is -3.23. The zero-order chi connectivity index (χ0) is 20.0. The smallest absolute Gasteiger partial charge is 0.285 e. The summed E-state index contributed by atoms with van der Waals surface area (Å²) in [6, 6.07) is 14.2. The van der Waals surface area contributed by atoms with Crippen LogP contribution in [0, 0.1) is 10.1 Å². The zero-order valence-corrected chi connectivity index (χ0v) is 14.2. The monoisotopic (exact) mass is 376 g/mol. The van der Waals surface area contributed by atoms with Crippen molar-refractivity contribution in [3.63, 3.8) is 0 Å². The van der Waals surface area contributed by atoms with E-state index in [1.807, 2.05) is 30.3 Å². The van der Waals surface area contributed by atoms with Gasteiger partial charge in [0.25, 0.3) is 5.69 Å². The van der Waals surface area contributed by atoms with Crippen LogP contribution in [0.15, 0.2) is 54.6 Å². The number of aromatic hydroxyl groups is 2. The number of nitrogens with zero attached hydrogens (tertiary/aromatic N) is 1. The van der Waals surface area contributed by atoms with Gasteiger partial charge in [-0.3, -0.25) is 19.7 Å². The van der Waals surface area contributed by atoms with Crippen LogP contribution in [-0.2, 0) is 0 Å². The fraction of sp³-hybridized carbons (Fsp3) is 0. The molecule has 0 aliphatic heterocycles. The number of para-hydroxylation sites is 1. The second kappa shape index (κ2) is 6.20. The maximum absolute atomic E-state index is 13.0. The molecule has 0 aromatic heterocycles. The van der Waals surface area contributed by atoms with Gasteiger partial charge in [0.1, 0.15) is 5.56 Å². The molecule has 0 fully saturated rings. The highest BCUT2D eigenvalue weighted by molar-refractivity contribution is 6.31. The van der Waals surface area contributed by atoms with Gasteiger partial charge in [-0.15, -0.1) is 0 Å². The van der Waals surface area contributed by atoms with Crippen molar-refractivity contribution in [3.8, 4) is 11.5 Å². The minimum Gasteiger partial charge on any atom is -0.504 e. The molecule has 3 aromatic carbocycles. The van der Waals surface area contributed by atoms with Gasteiger partial charge in [-0.1, -0.05) is 18.2 Å². The number of carbonyl (C=O) groups is 2. The van der Waals surface area contributed by atoms with Crippen LogP contribution in [0.1, 0.15) is 31.8 Å². The van der Waals surface area contributed by atoms with E-state index in [1.165, 1.54) is 12.1 Å². The van der Waals surface area contributed by atoms with Gasteiger partial charge in [0.2, 0.25) is 5.78 Å². The van der Waals surface area contributed by atoms with Gasteiger partial charge in [-0.2, -0.15) is 0 Å². The van der Waals surface area contributed by atoms with Crippen molar-refractivity contribution in [3.05, 3.63) is 87.0 Å². The lowest BCUT2D eigenvalue weighted by Crippen LogP contribution is -2.22. The third kappa shape index (κ3) is 2.55. The lowest BCUT2D eigenvalue weighted by atomic mass is 9.82. The molecule has 0 saturated carbocycles. The van der Waals surface area contributed by atoms with E-state index >= 15 is 0 Å². The number of hydrogen-bond acceptors (Lipinski definition) is 7. The second-order valence-corrected chi connectivity index (χ2v) is 6.18. The molecule has 8 nitrogen and oxygen atoms in total. The zero-order valence-electron chi connectivity index (χ0n) is 14.2. The van der Waals surface area contributed by atoms with Gasteiger partial charge in [0, 0.05) is 22.5 Å². The number of nitro benzene ring substituents is 1. The van der Waals surface area contributed by atoms with E-state index in [2.05, 4.69) is 5.32 Å². The Hall–Kier alpha value is -4.20. The first-order chi connectivity index (χ1) is 13.4. The average molecular weight is 376 g/mol. The Kier molecular flexibility index (Phi) is 3.82. The summed E-state index contributed by atoms with van der Waals surface area (Å²) in [6.45, 7) is 0. The number of nitro groups is 1. The highest BCUT2D eigenvalue weighted by atomic mass is 16.6. The molecule has 0 saturated heterocycles. The van der Waals surface area contributed by atoms with Crippen molar-refractivity contribution in [2.75, 3.05) is 5.32 Å². The molecule has 3 aromatic rings. The van der Waals surface area contributed by atoms with Crippen LogP contribution in [0.4, 0.5) is 17.1 Å². The van der Waals surface area contributed by atoms with E-state index in [-0.39, 0.29) is 11.1 Å². The van der Waals surface area contributed by atoms with Gasteiger partial charge < -0.3 is 15.5 Å². The minimum absolute atomic E-state index is 0.00805. The quantitative estimate of drug-likeness (QED) is 0.283. The number of rotatable bonds is 3. The average Bonchev–Trinajstić information content (AvgIpc) is 2.68. The van der Waals surface area contributed by atoms with Crippen molar-refractivity contribution in [1.82, 2.24) is 0 Å². The molecule has 4 rings (SSSR count). The molecule has 1 aliphatic rings. The summed E-state index contributed by atoms with van der Waals surface area (Å²) in [6.07, 6.45) is 0. The molecule has 0 atom stereocenters. The van der Waals surface area contributed by atoms with E-state index in [0.29, 0.717) is 11.8 Å². The molecule has 0 spiro atoms. The number of phenols is 2. The van der Waals surface area contributed by atoms with Gasteiger partial charge in [0.05, 0.1) is 16.6 Å². The second-order valence-electron chi connectivity index (χ2n) is 6.18. The van der Waals surface area contributed by atoms with E-state index in [0.717, 1.165) is 5.69 Å². The predicted octanol–water partition coefficient (Wildman–Crippen LogP) is 3.53. The number of fused-ring (bicyclic) bond motifs is 2. The first kappa shape index (κ1) is 17.2. The number of ketones is 2. The van der Waals surface area contributed by atoms with Crippen LogP contribution < -0.4 is 5.32 Å². The molecule has 0 radical (unpaired) electrons. The summed E-state index contributed by atoms with van der Waals surface area (Å²) >= 11 is 0. The Balaban J connectivity index is 1.88. The maximum atomic E-state index is 13.0. The van der Waals surface area contributed by atoms with Crippen molar-refractivity contribution in [1.29, 1.82) is 0 Å². The van der Waals surface area contributed by atoms with Gasteiger partial charge >= 0.3 is 0 Å². The SMILES string of the molecule is O=C1c2cc(Nc3ccccc3)ccc2C(=O)c2c(O)c(O)cc([N+](=O)[O-])c21. The largest absolute Gasteiger partial charge is 0.504 e. The van der Waals surface area contributed by atoms with E-state index in [4.69, 9.17) is 0 Å². The van der Waals surface area contributed by atoms with Crippen molar-refractivity contribution >= 4 is 28.6 Å². The molecule has 0 bridgehead atoms. The first-order valence-corrected chi connectivity index (χ1v) is 8.17. The molecule has 28 heavy (non-hydrogen) atoms. The molecule has 0 heterocycles. The lowest BCUT2D eigenvalue weighted by Gasteiger charge is -2.19. The Morgan fingerprint density at radius 1 is 0.821 bits per heavy atom. The Morgan fingerprint density at radius 3 is 2.18 bits per heavy atom. The third-order valence-corrected chi connectivity index (χ3v) is 4.48. The van der Waals surface area contributed by atoms with Gasteiger partial charge in [-0.05, 0) is 30.3 Å². The van der Waals surface area contributed by atoms with Gasteiger partial charge in [0.15, 0.2) is 17.3 Å². The Labute approximate surface area is 157 Å². The van der Waals surface area contributed by atoms with E-state index < -0.39 is 44.8 Å². The molecule has 1 aliphatic carbocycles. The number of benzene rings is 3. The number of anilines is 2. The number of carbonyl (C=O) groups excluding carboxylic acids is 2. The fourth-order valence-electron chi connectivity index (χ4n) is 3.20. The van der Waals surface area contributed by atoms with Crippen LogP contribution in [0.25, 0.3) is 0 Å². The molecule has 3 N–H and O–H groups in total. The Bertz CT molecular complexity index is 1170. The molecule has 138 valence electrons. The standard InChI is InChI=1S/C20H12N2O6/c23-15-9-14(22(27)28)16-17(20(15)26)18(24)12-7-6-11(8-13(12)19(16)25)21-10-4-2-1-3-5-10/h1-9,21,23,26H. The molecule has 8 heteroatoms. The number of nitrogens with one attached hydrogen (secondary N) is 1. The lowest BCUT2D eigenvalue weighted by molar-refractivity contribution is -0.385. The van der Waals surface area contributed by atoms with Crippen LogP contribution in [0.3, 0.4) is 0 Å². The van der Waals surface area contributed by atoms with Crippen LogP contribution in [0.5, 0.6) is 11.5 Å². The van der Waals surface area contributed by atoms with Crippen molar-refractivity contribution in [2.45, 2.75) is 0 Å². The first-order valence-electron chi connectivity index (χ1n) is 8.17. The maximum Gasteiger partial charge on any atom is 0.285 e. The van der Waals surface area contributed by atoms with Crippen molar-refractivity contribution in [2.24, 2.45) is 0 Å². The topological polar surface area (TPSA) is 130 Å². The van der Waals surface area contributed by atoms with Gasteiger partial charge in [-0.25, -0.2) is 0 Å². The summed E-state index contributed by atoms with van der Waals surface area (Å²) in [7, 11) is 0. The summed E-state index contributed by atoms with van der Waals surface area (Å²) in [4.78, 5) is 36.2. The molecule has 0 amide bonds. The highest BCUT2D eigenvalue weighted by Crippen LogP contribution is 2.43. The van der Waals surface area contributed by atoms with Crippen molar-refractivity contribution < 1.29 is 24.7 Å².